The maximum Gasteiger partial charge on any atom is 0.350 e. The quantitative estimate of drug-likeness (QED) is 0.101. The minimum absolute atomic E-state index is 0.848. The fourth-order valence-electron chi connectivity index (χ4n) is 4.26. The van der Waals surface area contributed by atoms with Crippen LogP contribution in [-0.2, 0) is 13.1 Å². The lowest BCUT2D eigenvalue weighted by Gasteiger charge is -2.11. The Hall–Kier alpha value is -4.46. The van der Waals surface area contributed by atoms with E-state index in [1.54, 1.807) is 0 Å². The van der Waals surface area contributed by atoms with Crippen molar-refractivity contribution in [3.8, 4) is 0 Å². The first-order valence-corrected chi connectivity index (χ1v) is 13.8. The van der Waals surface area contributed by atoms with Crippen molar-refractivity contribution in [1.29, 1.82) is 0 Å². The molecule has 0 unspecified atom stereocenters. The van der Waals surface area contributed by atoms with Crippen LogP contribution in [0.2, 0.25) is 0 Å². The third kappa shape index (κ3) is 8.53. The Bertz CT molecular complexity index is 1280. The van der Waals surface area contributed by atoms with Crippen LogP contribution in [0.15, 0.2) is 118 Å². The second kappa shape index (κ2) is 14.6. The maximum absolute atomic E-state index is 4.52. The Morgan fingerprint density at radius 2 is 0.875 bits per heavy atom. The Labute approximate surface area is 238 Å². The summed E-state index contributed by atoms with van der Waals surface area (Å²) in [5.74, 6) is 1.73. The van der Waals surface area contributed by atoms with E-state index in [9.17, 15) is 0 Å². The van der Waals surface area contributed by atoms with Gasteiger partial charge in [-0.1, -0.05) is 12.1 Å². The fourth-order valence-corrected chi connectivity index (χ4v) is 4.26. The van der Waals surface area contributed by atoms with Crippen LogP contribution < -0.4 is 18.9 Å². The first kappa shape index (κ1) is 28.5. The molecular formula is C32H40N8+2. The van der Waals surface area contributed by atoms with Crippen LogP contribution in [0, 0.1) is 0 Å². The van der Waals surface area contributed by atoms with Crippen LogP contribution in [0.3, 0.4) is 0 Å². The monoisotopic (exact) mass is 536 g/mol. The molecule has 40 heavy (non-hydrogen) atoms. The lowest BCUT2D eigenvalue weighted by Crippen LogP contribution is -2.34. The second-order valence-corrected chi connectivity index (χ2v) is 10.1. The summed E-state index contributed by atoms with van der Waals surface area (Å²) in [7, 11) is 8.12. The fraction of sp³-hybridized carbons (Fsp3) is 0.312. The maximum atomic E-state index is 4.52. The number of anilines is 2. The van der Waals surface area contributed by atoms with E-state index >= 15 is 0 Å². The minimum Gasteiger partial charge on any atom is -0.378 e. The Kier molecular flexibility index (Phi) is 10.4. The van der Waals surface area contributed by atoms with Crippen molar-refractivity contribution in [3.05, 3.63) is 97.3 Å². The first-order valence-electron chi connectivity index (χ1n) is 13.8. The van der Waals surface area contributed by atoms with E-state index in [-0.39, 0.29) is 0 Å². The number of aryl methyl sites for hydroxylation is 2. The number of azo groups is 2. The number of hydrogen-bond acceptors (Lipinski definition) is 6. The zero-order chi connectivity index (χ0) is 28.2. The van der Waals surface area contributed by atoms with Crippen LogP contribution in [0.25, 0.3) is 0 Å². The molecule has 4 rings (SSSR count). The average Bonchev–Trinajstić information content (AvgIpc) is 2.98. The summed E-state index contributed by atoms with van der Waals surface area (Å²) in [6, 6.07) is 28.3. The number of unbranched alkanes of at least 4 members (excludes halogenated alkanes) is 3. The van der Waals surface area contributed by atoms with Crippen molar-refractivity contribution in [2.45, 2.75) is 38.8 Å². The standard InChI is InChI=1S/C32H40N8/c1-37(2)29-19-15-27(16-20-29)33-35-31-13-7-11-25-39(31)23-9-5-6-10-24-40-26-12-8-14-32(40)36-34-28-17-21-30(22-18-28)38(3)4/h7-8,11-22,25-26H,5-6,9-10,23-24H2,1-4H3/q+2. The van der Waals surface area contributed by atoms with Gasteiger partial charge in [-0.25, -0.2) is 9.13 Å². The number of pyridine rings is 2. The molecule has 0 atom stereocenters. The van der Waals surface area contributed by atoms with Crippen molar-refractivity contribution >= 4 is 34.4 Å². The van der Waals surface area contributed by atoms with Gasteiger partial charge in [-0.2, -0.15) is 0 Å². The van der Waals surface area contributed by atoms with Crippen LogP contribution >= 0.6 is 0 Å². The summed E-state index contributed by atoms with van der Waals surface area (Å²) >= 11 is 0. The lowest BCUT2D eigenvalue weighted by molar-refractivity contribution is -0.686. The zero-order valence-electron chi connectivity index (χ0n) is 24.1. The van der Waals surface area contributed by atoms with Gasteiger partial charge >= 0.3 is 11.6 Å². The van der Waals surface area contributed by atoms with Crippen molar-refractivity contribution in [3.63, 3.8) is 0 Å². The molecule has 2 aromatic carbocycles. The Balaban J connectivity index is 1.24. The molecule has 4 aromatic rings. The van der Waals surface area contributed by atoms with Crippen molar-refractivity contribution < 1.29 is 9.13 Å². The molecule has 0 aliphatic rings. The first-order chi connectivity index (χ1) is 19.5. The van der Waals surface area contributed by atoms with E-state index in [0.29, 0.717) is 0 Å². The molecule has 206 valence electrons. The topological polar surface area (TPSA) is 63.7 Å². The summed E-state index contributed by atoms with van der Waals surface area (Å²) in [5, 5.41) is 17.9. The number of benzene rings is 2. The highest BCUT2D eigenvalue weighted by Crippen LogP contribution is 2.21. The van der Waals surface area contributed by atoms with Crippen LogP contribution in [0.1, 0.15) is 25.7 Å². The summed E-state index contributed by atoms with van der Waals surface area (Å²) < 4.78 is 4.35. The van der Waals surface area contributed by atoms with Gasteiger partial charge in [-0.3, -0.25) is 0 Å². The van der Waals surface area contributed by atoms with Crippen LogP contribution in [-0.4, -0.2) is 28.2 Å². The molecule has 0 aliphatic heterocycles. The molecule has 0 radical (unpaired) electrons. The normalized spacial score (nSPS) is 11.4. The molecule has 2 heterocycles. The van der Waals surface area contributed by atoms with E-state index in [2.05, 4.69) is 76.1 Å². The van der Waals surface area contributed by atoms with Gasteiger partial charge in [0.25, 0.3) is 0 Å². The van der Waals surface area contributed by atoms with Gasteiger partial charge in [0.2, 0.25) is 0 Å². The summed E-state index contributed by atoms with van der Waals surface area (Å²) in [6.07, 6.45) is 8.62. The average molecular weight is 537 g/mol. The molecule has 2 aromatic heterocycles. The van der Waals surface area contributed by atoms with E-state index < -0.39 is 0 Å². The highest BCUT2D eigenvalue weighted by Gasteiger charge is 2.11. The van der Waals surface area contributed by atoms with Crippen molar-refractivity contribution in [1.82, 2.24) is 0 Å². The SMILES string of the molecule is CN(C)c1ccc(/N=N/c2cccc[n+]2CCCCCC[n+]2ccccc2/N=N/c2ccc(N(C)C)cc2)cc1. The van der Waals surface area contributed by atoms with Gasteiger partial charge < -0.3 is 9.80 Å². The van der Waals surface area contributed by atoms with E-state index in [1.165, 1.54) is 0 Å². The van der Waals surface area contributed by atoms with Gasteiger partial charge in [0.05, 0.1) is 35.7 Å². The lowest BCUT2D eigenvalue weighted by atomic mass is 10.2. The minimum atomic E-state index is 0.848. The Morgan fingerprint density at radius 3 is 1.25 bits per heavy atom. The van der Waals surface area contributed by atoms with Gasteiger partial charge in [-0.15, -0.1) is 0 Å². The van der Waals surface area contributed by atoms with E-state index in [4.69, 9.17) is 0 Å². The number of rotatable bonds is 13. The molecule has 0 amide bonds. The third-order valence-corrected chi connectivity index (χ3v) is 6.65. The molecule has 0 fully saturated rings. The molecule has 8 nitrogen and oxygen atoms in total. The number of nitrogens with zero attached hydrogens (tertiary/aromatic N) is 8. The molecule has 0 spiro atoms. The number of hydrogen-bond donors (Lipinski definition) is 0. The summed E-state index contributed by atoms with van der Waals surface area (Å²) in [4.78, 5) is 4.14. The molecule has 0 aliphatic carbocycles. The highest BCUT2D eigenvalue weighted by atomic mass is 15.2. The summed E-state index contributed by atoms with van der Waals surface area (Å²) in [6.45, 7) is 1.83. The van der Waals surface area contributed by atoms with Gasteiger partial charge in [0.1, 0.15) is 11.4 Å². The molecule has 0 saturated carbocycles. The molecular weight excluding hydrogens is 496 g/mol. The third-order valence-electron chi connectivity index (χ3n) is 6.65. The van der Waals surface area contributed by atoms with Crippen LogP contribution in [0.5, 0.6) is 0 Å². The van der Waals surface area contributed by atoms with Crippen molar-refractivity contribution in [2.75, 3.05) is 38.0 Å². The van der Waals surface area contributed by atoms with Crippen LogP contribution in [0.4, 0.5) is 34.4 Å². The smallest absolute Gasteiger partial charge is 0.350 e. The second-order valence-electron chi connectivity index (χ2n) is 10.1. The largest absolute Gasteiger partial charge is 0.378 e. The van der Waals surface area contributed by atoms with E-state index in [1.807, 2.05) is 88.9 Å². The highest BCUT2D eigenvalue weighted by molar-refractivity contribution is 5.52. The van der Waals surface area contributed by atoms with E-state index in [0.717, 1.165) is 73.2 Å². The number of aromatic nitrogens is 2. The van der Waals surface area contributed by atoms with Crippen molar-refractivity contribution in [2.24, 2.45) is 20.5 Å². The predicted octanol–water partition coefficient (Wildman–Crippen LogP) is 7.49. The molecule has 0 N–H and O–H groups in total. The molecule has 0 saturated heterocycles. The molecule has 0 bridgehead atoms. The zero-order valence-corrected chi connectivity index (χ0v) is 24.1. The van der Waals surface area contributed by atoms with Gasteiger partial charge in [0, 0.05) is 51.7 Å². The molecule has 8 heteroatoms. The Morgan fingerprint density at radius 1 is 0.475 bits per heavy atom. The predicted molar refractivity (Wildman–Crippen MR) is 162 cm³/mol. The van der Waals surface area contributed by atoms with Gasteiger partial charge in [-0.05, 0) is 96.6 Å². The summed E-state index contributed by atoms with van der Waals surface area (Å²) in [5.41, 5.74) is 3.98. The van der Waals surface area contributed by atoms with Gasteiger partial charge in [0.15, 0.2) is 0 Å².